The number of unbranched alkanes of at least 4 members (excludes halogenated alkanes) is 4. The van der Waals surface area contributed by atoms with Gasteiger partial charge in [0.25, 0.3) is 5.91 Å². The Morgan fingerprint density at radius 3 is 2.24 bits per heavy atom. The lowest BCUT2D eigenvalue weighted by molar-refractivity contribution is -0.185. The van der Waals surface area contributed by atoms with Crippen LogP contribution in [0, 0.1) is 0 Å². The molecule has 0 saturated heterocycles. The fourth-order valence-electron chi connectivity index (χ4n) is 5.95. The molecule has 0 bridgehead atoms. The predicted octanol–water partition coefficient (Wildman–Crippen LogP) is 7.36. The molecule has 0 heterocycles. The number of carbonyl (C=O) groups excluding carboxylic acids is 2. The van der Waals surface area contributed by atoms with Crippen molar-refractivity contribution in [2.75, 3.05) is 6.61 Å². The topological polar surface area (TPSA) is 78.9 Å². The number of benzene rings is 2. The first-order chi connectivity index (χ1) is 18.4. The number of hydrogen-bond donors (Lipinski definition) is 2. The van der Waals surface area contributed by atoms with Crippen LogP contribution in [0.4, 0.5) is 4.79 Å². The van der Waals surface area contributed by atoms with Crippen molar-refractivity contribution < 1.29 is 19.5 Å². The Kier molecular flexibility index (Phi) is 9.62. The van der Waals surface area contributed by atoms with E-state index in [1.165, 1.54) is 0 Å². The van der Waals surface area contributed by atoms with Crippen LogP contribution in [0.15, 0.2) is 61.2 Å². The third kappa shape index (κ3) is 6.47. The molecule has 0 aromatic heterocycles. The van der Waals surface area contributed by atoms with E-state index in [2.05, 4.69) is 36.2 Å². The van der Waals surface area contributed by atoms with Gasteiger partial charge in [0, 0.05) is 5.92 Å². The molecule has 204 valence electrons. The van der Waals surface area contributed by atoms with Gasteiger partial charge in [-0.25, -0.2) is 9.86 Å². The first kappa shape index (κ1) is 27.9. The number of hydroxylamine groups is 2. The number of allylic oxidation sites excluding steroid dienone is 1. The number of rotatable bonds is 12. The van der Waals surface area contributed by atoms with Gasteiger partial charge in [-0.15, -0.1) is 6.58 Å². The molecule has 0 aliphatic heterocycles. The lowest BCUT2D eigenvalue weighted by atomic mass is 9.90. The van der Waals surface area contributed by atoms with E-state index < -0.39 is 17.5 Å². The minimum atomic E-state index is -1.24. The number of nitrogens with zero attached hydrogens (tertiary/aromatic N) is 1. The number of fused-ring (bicyclic) bond motifs is 3. The van der Waals surface area contributed by atoms with Gasteiger partial charge in [0.1, 0.15) is 12.1 Å². The standard InChI is InChI=1S/C32H42N2O4/c1-3-4-5-6-7-15-22-32(2,30(35)34(37)24-16-9-8-10-17-24)33-31(36)38-23-29-27-20-13-11-18-25(27)26-19-12-14-21-28(26)29/h3,11-14,18-21,24,29,37H,1,4-10,15-17,22-23H2,2H3,(H,33,36)/t32-/m1/s1. The third-order valence-corrected chi connectivity index (χ3v) is 8.16. The molecule has 2 aromatic rings. The fourth-order valence-corrected chi connectivity index (χ4v) is 5.95. The maximum absolute atomic E-state index is 13.5. The highest BCUT2D eigenvalue weighted by atomic mass is 16.5. The molecule has 6 heteroatoms. The van der Waals surface area contributed by atoms with Crippen LogP contribution in [0.2, 0.25) is 0 Å². The molecule has 0 radical (unpaired) electrons. The van der Waals surface area contributed by atoms with Gasteiger partial charge in [-0.2, -0.15) is 0 Å². The highest BCUT2D eigenvalue weighted by molar-refractivity contribution is 5.89. The van der Waals surface area contributed by atoms with Gasteiger partial charge in [0.05, 0.1) is 6.04 Å². The maximum Gasteiger partial charge on any atom is 0.408 e. The van der Waals surface area contributed by atoms with Crippen LogP contribution in [0.25, 0.3) is 11.1 Å². The molecular weight excluding hydrogens is 476 g/mol. The van der Waals surface area contributed by atoms with E-state index in [-0.39, 0.29) is 18.6 Å². The second-order valence-electron chi connectivity index (χ2n) is 11.0. The van der Waals surface area contributed by atoms with Gasteiger partial charge in [0.15, 0.2) is 0 Å². The van der Waals surface area contributed by atoms with Crippen LogP contribution in [0.3, 0.4) is 0 Å². The van der Waals surface area contributed by atoms with Gasteiger partial charge in [0.2, 0.25) is 0 Å². The summed E-state index contributed by atoms with van der Waals surface area (Å²) in [6.45, 7) is 5.66. The van der Waals surface area contributed by atoms with E-state index in [9.17, 15) is 14.8 Å². The molecular formula is C32H42N2O4. The van der Waals surface area contributed by atoms with E-state index >= 15 is 0 Å². The van der Waals surface area contributed by atoms with Crippen molar-refractivity contribution in [2.45, 2.75) is 95.1 Å². The molecule has 1 saturated carbocycles. The quantitative estimate of drug-likeness (QED) is 0.133. The Hall–Kier alpha value is -3.12. The van der Waals surface area contributed by atoms with Crippen LogP contribution in [0.5, 0.6) is 0 Å². The lowest BCUT2D eigenvalue weighted by Crippen LogP contribution is -2.59. The monoisotopic (exact) mass is 518 g/mol. The molecule has 2 aromatic carbocycles. The van der Waals surface area contributed by atoms with Crippen LogP contribution in [0.1, 0.15) is 94.6 Å². The highest BCUT2D eigenvalue weighted by Gasteiger charge is 2.41. The number of alkyl carbamates (subject to hydrolysis) is 1. The van der Waals surface area contributed by atoms with Crippen molar-refractivity contribution in [3.05, 3.63) is 72.3 Å². The fraction of sp³-hybridized carbons (Fsp3) is 0.500. The summed E-state index contributed by atoms with van der Waals surface area (Å²) in [6.07, 6.45) is 11.2. The largest absolute Gasteiger partial charge is 0.449 e. The third-order valence-electron chi connectivity index (χ3n) is 8.16. The van der Waals surface area contributed by atoms with Crippen molar-refractivity contribution in [2.24, 2.45) is 0 Å². The van der Waals surface area contributed by atoms with E-state index in [1.807, 2.05) is 30.3 Å². The van der Waals surface area contributed by atoms with Crippen molar-refractivity contribution in [3.8, 4) is 11.1 Å². The van der Waals surface area contributed by atoms with Gasteiger partial charge >= 0.3 is 6.09 Å². The summed E-state index contributed by atoms with van der Waals surface area (Å²) in [7, 11) is 0. The number of hydrogen-bond acceptors (Lipinski definition) is 4. The molecule has 2 N–H and O–H groups in total. The molecule has 2 aliphatic carbocycles. The van der Waals surface area contributed by atoms with Crippen LogP contribution in [-0.2, 0) is 9.53 Å². The number of amides is 2. The van der Waals surface area contributed by atoms with Crippen molar-refractivity contribution >= 4 is 12.0 Å². The zero-order chi connectivity index (χ0) is 27.0. The molecule has 38 heavy (non-hydrogen) atoms. The molecule has 1 fully saturated rings. The van der Waals surface area contributed by atoms with E-state index in [4.69, 9.17) is 4.74 Å². The minimum Gasteiger partial charge on any atom is -0.449 e. The zero-order valence-corrected chi connectivity index (χ0v) is 22.7. The van der Waals surface area contributed by atoms with Gasteiger partial charge in [-0.3, -0.25) is 10.0 Å². The zero-order valence-electron chi connectivity index (χ0n) is 22.7. The SMILES string of the molecule is C=CCCCCCC[C@@](C)(NC(=O)OCC1c2ccccc2-c2ccccc21)C(=O)N(O)C1CCCCC1. The predicted molar refractivity (Wildman–Crippen MR) is 150 cm³/mol. The number of carbonyl (C=O) groups is 2. The summed E-state index contributed by atoms with van der Waals surface area (Å²) in [5.41, 5.74) is 3.36. The van der Waals surface area contributed by atoms with Crippen LogP contribution < -0.4 is 5.32 Å². The van der Waals surface area contributed by atoms with Crippen LogP contribution >= 0.6 is 0 Å². The second kappa shape index (κ2) is 13.1. The molecule has 2 aliphatic rings. The number of nitrogens with one attached hydrogen (secondary N) is 1. The summed E-state index contributed by atoms with van der Waals surface area (Å²) in [5, 5.41) is 14.6. The average Bonchev–Trinajstić information content (AvgIpc) is 3.27. The van der Waals surface area contributed by atoms with Gasteiger partial charge in [-0.05, 0) is 61.3 Å². The molecule has 0 unspecified atom stereocenters. The van der Waals surface area contributed by atoms with Crippen molar-refractivity contribution in [1.82, 2.24) is 10.4 Å². The minimum absolute atomic E-state index is 0.0588. The highest BCUT2D eigenvalue weighted by Crippen LogP contribution is 2.44. The summed E-state index contributed by atoms with van der Waals surface area (Å²) in [4.78, 5) is 26.7. The second-order valence-corrected chi connectivity index (χ2v) is 11.0. The molecule has 2 amide bonds. The first-order valence-electron chi connectivity index (χ1n) is 14.2. The summed E-state index contributed by atoms with van der Waals surface area (Å²) in [6, 6.07) is 16.2. The van der Waals surface area contributed by atoms with E-state index in [1.54, 1.807) is 6.92 Å². The molecule has 0 spiro atoms. The summed E-state index contributed by atoms with van der Waals surface area (Å²) in [5.74, 6) is -0.513. The smallest absolute Gasteiger partial charge is 0.408 e. The van der Waals surface area contributed by atoms with Gasteiger partial charge < -0.3 is 10.1 Å². The maximum atomic E-state index is 13.5. The number of ether oxygens (including phenoxy) is 1. The Labute approximate surface area is 227 Å². The molecule has 4 rings (SSSR count). The van der Waals surface area contributed by atoms with E-state index in [0.717, 1.165) is 91.5 Å². The summed E-state index contributed by atoms with van der Waals surface area (Å²) < 4.78 is 5.76. The lowest BCUT2D eigenvalue weighted by Gasteiger charge is -2.36. The normalized spacial score (nSPS) is 16.7. The molecule has 1 atom stereocenters. The van der Waals surface area contributed by atoms with Gasteiger partial charge in [-0.1, -0.05) is 93.1 Å². The van der Waals surface area contributed by atoms with E-state index in [0.29, 0.717) is 6.42 Å². The average molecular weight is 519 g/mol. The Bertz CT molecular complexity index is 1060. The van der Waals surface area contributed by atoms with Crippen molar-refractivity contribution in [3.63, 3.8) is 0 Å². The Morgan fingerprint density at radius 1 is 1.00 bits per heavy atom. The Morgan fingerprint density at radius 2 is 1.61 bits per heavy atom. The molecule has 6 nitrogen and oxygen atoms in total. The Balaban J connectivity index is 1.42. The van der Waals surface area contributed by atoms with Crippen molar-refractivity contribution in [1.29, 1.82) is 0 Å². The summed E-state index contributed by atoms with van der Waals surface area (Å²) >= 11 is 0. The van der Waals surface area contributed by atoms with Crippen LogP contribution in [-0.4, -0.2) is 40.5 Å². The first-order valence-corrected chi connectivity index (χ1v) is 14.2.